The van der Waals surface area contributed by atoms with Crippen molar-refractivity contribution in [1.82, 2.24) is 14.7 Å². The molecule has 0 spiro atoms. The lowest BCUT2D eigenvalue weighted by Crippen LogP contribution is -2.32. The zero-order valence-electron chi connectivity index (χ0n) is 12.3. The maximum atomic E-state index is 11.6. The number of nitrogens with zero attached hydrogens (tertiary/aromatic N) is 1. The largest absolute Gasteiger partial charge is 0.342 e. The molecule has 0 aliphatic rings. The van der Waals surface area contributed by atoms with Crippen LogP contribution in [-0.4, -0.2) is 30.2 Å². The molecule has 20 heavy (non-hydrogen) atoms. The quantitative estimate of drug-likeness (QED) is 0.886. The number of aryl methyl sites for hydroxylation is 2. The number of benzene rings is 1. The third-order valence-electron chi connectivity index (χ3n) is 3.51. The molecule has 2 N–H and O–H groups in total. The van der Waals surface area contributed by atoms with Gasteiger partial charge in [-0.1, -0.05) is 6.07 Å². The SMILES string of the molecule is Cc1ccc2[nH]c(CCNS(=O)(=O)C(C)C)nc2c1C. The second kappa shape index (κ2) is 5.54. The van der Waals surface area contributed by atoms with Crippen LogP contribution in [0, 0.1) is 13.8 Å². The summed E-state index contributed by atoms with van der Waals surface area (Å²) in [7, 11) is -3.20. The van der Waals surface area contributed by atoms with Crippen LogP contribution in [0.3, 0.4) is 0 Å². The third kappa shape index (κ3) is 3.02. The Hall–Kier alpha value is -1.40. The van der Waals surface area contributed by atoms with Crippen molar-refractivity contribution in [3.05, 3.63) is 29.1 Å². The van der Waals surface area contributed by atoms with Crippen LogP contribution in [0.15, 0.2) is 12.1 Å². The lowest BCUT2D eigenvalue weighted by atomic mass is 10.1. The Morgan fingerprint density at radius 1 is 1.30 bits per heavy atom. The molecule has 1 aromatic carbocycles. The number of rotatable bonds is 5. The van der Waals surface area contributed by atoms with Crippen LogP contribution >= 0.6 is 0 Å². The molecule has 0 saturated carbocycles. The highest BCUT2D eigenvalue weighted by Gasteiger charge is 2.15. The molecule has 0 aliphatic carbocycles. The summed E-state index contributed by atoms with van der Waals surface area (Å²) in [5.74, 6) is 0.806. The third-order valence-corrected chi connectivity index (χ3v) is 5.36. The predicted octanol–water partition coefficient (Wildman–Crippen LogP) is 2.05. The topological polar surface area (TPSA) is 74.8 Å². The van der Waals surface area contributed by atoms with Crippen molar-refractivity contribution in [1.29, 1.82) is 0 Å². The Morgan fingerprint density at radius 2 is 2.00 bits per heavy atom. The summed E-state index contributed by atoms with van der Waals surface area (Å²) in [6, 6.07) is 4.06. The average Bonchev–Trinajstić information content (AvgIpc) is 2.77. The standard InChI is InChI=1S/C14H21N3O2S/c1-9(2)20(18,19)15-8-7-13-16-12-6-5-10(3)11(4)14(12)17-13/h5-6,9,15H,7-8H2,1-4H3,(H,16,17). The van der Waals surface area contributed by atoms with Crippen LogP contribution in [0.2, 0.25) is 0 Å². The molecule has 0 fully saturated rings. The Balaban J connectivity index is 2.10. The van der Waals surface area contributed by atoms with Crippen molar-refractivity contribution in [2.24, 2.45) is 0 Å². The molecule has 0 atom stereocenters. The zero-order chi connectivity index (χ0) is 14.9. The van der Waals surface area contributed by atoms with Gasteiger partial charge < -0.3 is 4.98 Å². The highest BCUT2D eigenvalue weighted by molar-refractivity contribution is 7.90. The van der Waals surface area contributed by atoms with Crippen molar-refractivity contribution < 1.29 is 8.42 Å². The Morgan fingerprint density at radius 3 is 2.65 bits per heavy atom. The highest BCUT2D eigenvalue weighted by Crippen LogP contribution is 2.19. The van der Waals surface area contributed by atoms with Crippen LogP contribution in [0.5, 0.6) is 0 Å². The number of fused-ring (bicyclic) bond motifs is 1. The molecule has 110 valence electrons. The fourth-order valence-electron chi connectivity index (χ4n) is 1.96. The number of H-pyrrole nitrogens is 1. The van der Waals surface area contributed by atoms with Crippen LogP contribution in [0.25, 0.3) is 11.0 Å². The molecule has 2 rings (SSSR count). The summed E-state index contributed by atoms with van der Waals surface area (Å²) in [6.45, 7) is 7.79. The molecule has 6 heteroatoms. The van der Waals surface area contributed by atoms with Gasteiger partial charge in [0.1, 0.15) is 5.82 Å². The fraction of sp³-hybridized carbons (Fsp3) is 0.500. The van der Waals surface area contributed by atoms with Gasteiger partial charge in [-0.25, -0.2) is 18.1 Å². The summed E-state index contributed by atoms with van der Waals surface area (Å²) in [6.07, 6.45) is 0.555. The van der Waals surface area contributed by atoms with E-state index in [0.29, 0.717) is 13.0 Å². The van der Waals surface area contributed by atoms with E-state index in [1.807, 2.05) is 13.0 Å². The van der Waals surface area contributed by atoms with Crippen molar-refractivity contribution in [2.45, 2.75) is 39.4 Å². The summed E-state index contributed by atoms with van der Waals surface area (Å²) < 4.78 is 25.9. The molecule has 1 aromatic heterocycles. The van der Waals surface area contributed by atoms with E-state index < -0.39 is 15.3 Å². The summed E-state index contributed by atoms with van der Waals surface area (Å²) in [4.78, 5) is 7.78. The number of aromatic amines is 1. The molecular formula is C14H21N3O2S. The molecule has 0 bridgehead atoms. The number of sulfonamides is 1. The van der Waals surface area contributed by atoms with Gasteiger partial charge in [0.15, 0.2) is 0 Å². The van der Waals surface area contributed by atoms with Crippen LogP contribution in [0.4, 0.5) is 0 Å². The minimum Gasteiger partial charge on any atom is -0.342 e. The number of hydrogen-bond acceptors (Lipinski definition) is 3. The van der Waals surface area contributed by atoms with Gasteiger partial charge in [-0.15, -0.1) is 0 Å². The lowest BCUT2D eigenvalue weighted by Gasteiger charge is -2.08. The highest BCUT2D eigenvalue weighted by atomic mass is 32.2. The second-order valence-corrected chi connectivity index (χ2v) is 7.65. The minimum atomic E-state index is -3.20. The van der Waals surface area contributed by atoms with Gasteiger partial charge >= 0.3 is 0 Å². The van der Waals surface area contributed by atoms with E-state index >= 15 is 0 Å². The average molecular weight is 295 g/mol. The fourth-order valence-corrected chi connectivity index (χ4v) is 2.68. The molecule has 0 radical (unpaired) electrons. The smallest absolute Gasteiger partial charge is 0.213 e. The Kier molecular flexibility index (Phi) is 4.15. The first-order valence-electron chi connectivity index (χ1n) is 6.74. The molecule has 5 nitrogen and oxygen atoms in total. The van der Waals surface area contributed by atoms with Gasteiger partial charge in [0.2, 0.25) is 10.0 Å². The molecule has 1 heterocycles. The number of hydrogen-bond donors (Lipinski definition) is 2. The van der Waals surface area contributed by atoms with E-state index in [4.69, 9.17) is 0 Å². The van der Waals surface area contributed by atoms with Crippen LogP contribution < -0.4 is 4.72 Å². The van der Waals surface area contributed by atoms with E-state index in [1.54, 1.807) is 13.8 Å². The maximum Gasteiger partial charge on any atom is 0.213 e. The molecule has 0 saturated heterocycles. The number of imidazole rings is 1. The molecule has 0 aliphatic heterocycles. The van der Waals surface area contributed by atoms with Crippen molar-refractivity contribution >= 4 is 21.1 Å². The molecule has 0 amide bonds. The minimum absolute atomic E-state index is 0.359. The first-order valence-corrected chi connectivity index (χ1v) is 8.29. The van der Waals surface area contributed by atoms with Crippen LogP contribution in [0.1, 0.15) is 30.8 Å². The number of nitrogens with one attached hydrogen (secondary N) is 2. The van der Waals surface area contributed by atoms with Gasteiger partial charge in [0.25, 0.3) is 0 Å². The molecular weight excluding hydrogens is 274 g/mol. The van der Waals surface area contributed by atoms with E-state index in [-0.39, 0.29) is 0 Å². The normalized spacial score (nSPS) is 12.4. The van der Waals surface area contributed by atoms with Gasteiger partial charge in [0, 0.05) is 13.0 Å². The van der Waals surface area contributed by atoms with Gasteiger partial charge in [0.05, 0.1) is 16.3 Å². The Labute approximate surface area is 119 Å². The van der Waals surface area contributed by atoms with Crippen molar-refractivity contribution in [3.8, 4) is 0 Å². The van der Waals surface area contributed by atoms with Crippen molar-refractivity contribution in [3.63, 3.8) is 0 Å². The summed E-state index contributed by atoms with van der Waals surface area (Å²) in [5.41, 5.74) is 4.32. The molecule has 2 aromatic rings. The van der Waals surface area contributed by atoms with E-state index in [1.165, 1.54) is 5.56 Å². The Bertz CT molecular complexity index is 717. The first kappa shape index (κ1) is 15.0. The van der Waals surface area contributed by atoms with Gasteiger partial charge in [-0.2, -0.15) is 0 Å². The second-order valence-electron chi connectivity index (χ2n) is 5.33. The number of aromatic nitrogens is 2. The van der Waals surface area contributed by atoms with E-state index in [9.17, 15) is 8.42 Å². The lowest BCUT2D eigenvalue weighted by molar-refractivity contribution is 0.572. The summed E-state index contributed by atoms with van der Waals surface area (Å²) in [5, 5.41) is -0.414. The van der Waals surface area contributed by atoms with Gasteiger partial charge in [-0.05, 0) is 44.9 Å². The van der Waals surface area contributed by atoms with Crippen LogP contribution in [-0.2, 0) is 16.4 Å². The van der Waals surface area contributed by atoms with E-state index in [2.05, 4.69) is 27.7 Å². The predicted molar refractivity (Wildman–Crippen MR) is 81.3 cm³/mol. The van der Waals surface area contributed by atoms with Crippen molar-refractivity contribution in [2.75, 3.05) is 6.54 Å². The molecule has 0 unspecified atom stereocenters. The van der Waals surface area contributed by atoms with Gasteiger partial charge in [-0.3, -0.25) is 0 Å². The maximum absolute atomic E-state index is 11.6. The zero-order valence-corrected chi connectivity index (χ0v) is 13.1. The summed E-state index contributed by atoms with van der Waals surface area (Å²) >= 11 is 0. The first-order chi connectivity index (χ1) is 9.31. The van der Waals surface area contributed by atoms with E-state index in [0.717, 1.165) is 22.4 Å². The monoisotopic (exact) mass is 295 g/mol.